The monoisotopic (exact) mass is 434 g/mol. The van der Waals surface area contributed by atoms with Gasteiger partial charge in [-0.05, 0) is 67.8 Å². The molecule has 0 saturated heterocycles. The molecule has 0 saturated carbocycles. The van der Waals surface area contributed by atoms with Gasteiger partial charge < -0.3 is 9.64 Å². The highest BCUT2D eigenvalue weighted by Gasteiger charge is 2.31. The van der Waals surface area contributed by atoms with Gasteiger partial charge in [-0.25, -0.2) is 9.79 Å². The first-order chi connectivity index (χ1) is 15.9. The zero-order chi connectivity index (χ0) is 23.0. The van der Waals surface area contributed by atoms with E-state index in [-0.39, 0.29) is 5.54 Å². The average molecular weight is 435 g/mol. The SMILES string of the molecule is CC1=CC(C)(C)N(Cc2ccccc2)c2ccc(/C=C3\N=C(c4ccccc4)OC3=O)cc21. The molecule has 4 nitrogen and oxygen atoms in total. The number of allylic oxidation sites excluding steroid dienone is 1. The largest absolute Gasteiger partial charge is 0.402 e. The molecule has 2 aliphatic heterocycles. The summed E-state index contributed by atoms with van der Waals surface area (Å²) in [5, 5.41) is 0. The van der Waals surface area contributed by atoms with E-state index in [1.54, 1.807) is 6.08 Å². The lowest BCUT2D eigenvalue weighted by molar-refractivity contribution is -0.129. The number of cyclic esters (lactones) is 1. The Morgan fingerprint density at radius 3 is 2.39 bits per heavy atom. The van der Waals surface area contributed by atoms with Gasteiger partial charge in [0.15, 0.2) is 5.70 Å². The van der Waals surface area contributed by atoms with Crippen LogP contribution in [0.3, 0.4) is 0 Å². The van der Waals surface area contributed by atoms with Crippen LogP contribution < -0.4 is 4.90 Å². The van der Waals surface area contributed by atoms with Crippen LogP contribution >= 0.6 is 0 Å². The van der Waals surface area contributed by atoms with E-state index in [1.807, 2.05) is 42.5 Å². The number of aliphatic imine (C=N–C) groups is 1. The Hall–Kier alpha value is -3.92. The number of rotatable bonds is 4. The van der Waals surface area contributed by atoms with Crippen molar-refractivity contribution in [3.63, 3.8) is 0 Å². The van der Waals surface area contributed by atoms with Crippen LogP contribution in [-0.4, -0.2) is 17.4 Å². The van der Waals surface area contributed by atoms with E-state index in [0.29, 0.717) is 11.6 Å². The number of benzene rings is 3. The summed E-state index contributed by atoms with van der Waals surface area (Å²) >= 11 is 0. The molecule has 0 radical (unpaired) electrons. The van der Waals surface area contributed by atoms with Crippen LogP contribution in [0.2, 0.25) is 0 Å². The van der Waals surface area contributed by atoms with Gasteiger partial charge in [-0.15, -0.1) is 0 Å². The molecular weight excluding hydrogens is 408 g/mol. The normalized spacial score (nSPS) is 18.0. The van der Waals surface area contributed by atoms with E-state index in [2.05, 4.69) is 73.1 Å². The molecule has 0 amide bonds. The predicted molar refractivity (Wildman–Crippen MR) is 134 cm³/mol. The molecule has 5 rings (SSSR count). The Morgan fingerprint density at radius 2 is 1.67 bits per heavy atom. The first-order valence-electron chi connectivity index (χ1n) is 11.1. The molecular formula is C29H26N2O2. The van der Waals surface area contributed by atoms with Gasteiger partial charge in [0.05, 0.1) is 5.54 Å². The summed E-state index contributed by atoms with van der Waals surface area (Å²) in [5.41, 5.74) is 6.76. The predicted octanol–water partition coefficient (Wildman–Crippen LogP) is 6.23. The topological polar surface area (TPSA) is 41.9 Å². The van der Waals surface area contributed by atoms with Gasteiger partial charge in [-0.1, -0.05) is 60.7 Å². The molecule has 3 aromatic carbocycles. The molecule has 2 heterocycles. The Morgan fingerprint density at radius 1 is 0.970 bits per heavy atom. The fourth-order valence-electron chi connectivity index (χ4n) is 4.52. The lowest BCUT2D eigenvalue weighted by atomic mass is 9.87. The average Bonchev–Trinajstić information content (AvgIpc) is 3.18. The minimum Gasteiger partial charge on any atom is -0.402 e. The van der Waals surface area contributed by atoms with Gasteiger partial charge in [0, 0.05) is 23.4 Å². The summed E-state index contributed by atoms with van der Waals surface area (Å²) in [6.07, 6.45) is 4.11. The summed E-state index contributed by atoms with van der Waals surface area (Å²) in [6, 6.07) is 26.3. The number of hydrogen-bond donors (Lipinski definition) is 0. The van der Waals surface area contributed by atoms with Gasteiger partial charge >= 0.3 is 5.97 Å². The molecule has 0 atom stereocenters. The second-order valence-electron chi connectivity index (χ2n) is 9.03. The number of ether oxygens (including phenoxy) is 1. The molecule has 3 aromatic rings. The summed E-state index contributed by atoms with van der Waals surface area (Å²) in [4.78, 5) is 19.3. The van der Waals surface area contributed by atoms with E-state index >= 15 is 0 Å². The minimum atomic E-state index is -0.425. The van der Waals surface area contributed by atoms with Crippen molar-refractivity contribution in [1.29, 1.82) is 0 Å². The van der Waals surface area contributed by atoms with Crippen molar-refractivity contribution >= 4 is 29.2 Å². The van der Waals surface area contributed by atoms with Gasteiger partial charge in [-0.2, -0.15) is 0 Å². The van der Waals surface area contributed by atoms with Crippen molar-refractivity contribution in [3.05, 3.63) is 113 Å². The smallest absolute Gasteiger partial charge is 0.363 e. The van der Waals surface area contributed by atoms with Gasteiger partial charge in [0.2, 0.25) is 5.90 Å². The van der Waals surface area contributed by atoms with E-state index in [4.69, 9.17) is 4.74 Å². The molecule has 0 bridgehead atoms. The number of esters is 1. The van der Waals surface area contributed by atoms with Gasteiger partial charge in [0.25, 0.3) is 0 Å². The summed E-state index contributed by atoms with van der Waals surface area (Å²) in [5.74, 6) is -0.0812. The zero-order valence-electron chi connectivity index (χ0n) is 19.1. The van der Waals surface area contributed by atoms with Crippen molar-refractivity contribution < 1.29 is 9.53 Å². The van der Waals surface area contributed by atoms with Crippen LogP contribution in [-0.2, 0) is 16.1 Å². The lowest BCUT2D eigenvalue weighted by Crippen LogP contribution is -2.44. The van der Waals surface area contributed by atoms with Crippen LogP contribution in [0.1, 0.15) is 43.0 Å². The maximum Gasteiger partial charge on any atom is 0.363 e. The molecule has 2 aliphatic rings. The van der Waals surface area contributed by atoms with Crippen molar-refractivity contribution in [1.82, 2.24) is 0 Å². The van der Waals surface area contributed by atoms with Crippen molar-refractivity contribution in [3.8, 4) is 0 Å². The first kappa shape index (κ1) is 21.0. The molecule has 0 fully saturated rings. The van der Waals surface area contributed by atoms with E-state index < -0.39 is 5.97 Å². The fourth-order valence-corrected chi connectivity index (χ4v) is 4.52. The molecule has 4 heteroatoms. The third-order valence-electron chi connectivity index (χ3n) is 6.13. The summed E-state index contributed by atoms with van der Waals surface area (Å²) in [6.45, 7) is 7.45. The maximum atomic E-state index is 12.4. The third-order valence-corrected chi connectivity index (χ3v) is 6.13. The van der Waals surface area contributed by atoms with E-state index in [0.717, 1.165) is 17.7 Å². The fraction of sp³-hybridized carbons (Fsp3) is 0.172. The quantitative estimate of drug-likeness (QED) is 0.361. The van der Waals surface area contributed by atoms with Crippen LogP contribution in [0, 0.1) is 0 Å². The van der Waals surface area contributed by atoms with Crippen molar-refractivity contribution in [2.45, 2.75) is 32.9 Å². The van der Waals surface area contributed by atoms with Crippen LogP contribution in [0.25, 0.3) is 11.6 Å². The highest BCUT2D eigenvalue weighted by Crippen LogP contribution is 2.40. The highest BCUT2D eigenvalue weighted by atomic mass is 16.6. The van der Waals surface area contributed by atoms with Crippen molar-refractivity contribution in [2.24, 2.45) is 4.99 Å². The summed E-state index contributed by atoms with van der Waals surface area (Å²) in [7, 11) is 0. The van der Waals surface area contributed by atoms with Gasteiger partial charge in [-0.3, -0.25) is 0 Å². The Kier molecular flexibility index (Phi) is 5.21. The third kappa shape index (κ3) is 4.12. The van der Waals surface area contributed by atoms with Crippen LogP contribution in [0.15, 0.2) is 95.6 Å². The molecule has 0 unspecified atom stereocenters. The summed E-state index contributed by atoms with van der Waals surface area (Å²) < 4.78 is 5.40. The molecule has 0 N–H and O–H groups in total. The van der Waals surface area contributed by atoms with Crippen LogP contribution in [0.4, 0.5) is 5.69 Å². The zero-order valence-corrected chi connectivity index (χ0v) is 19.1. The lowest BCUT2D eigenvalue weighted by Gasteiger charge is -2.43. The molecule has 0 spiro atoms. The molecule has 0 aliphatic carbocycles. The first-order valence-corrected chi connectivity index (χ1v) is 11.1. The Bertz CT molecular complexity index is 1300. The number of carbonyl (C=O) groups excluding carboxylic acids is 1. The second-order valence-corrected chi connectivity index (χ2v) is 9.03. The Balaban J connectivity index is 1.50. The van der Waals surface area contributed by atoms with Gasteiger partial charge in [0.1, 0.15) is 0 Å². The number of anilines is 1. The van der Waals surface area contributed by atoms with E-state index in [9.17, 15) is 4.79 Å². The molecule has 33 heavy (non-hydrogen) atoms. The Labute approximate surface area is 194 Å². The molecule has 164 valence electrons. The van der Waals surface area contributed by atoms with E-state index in [1.165, 1.54) is 22.4 Å². The van der Waals surface area contributed by atoms with Crippen LogP contribution in [0.5, 0.6) is 0 Å². The highest BCUT2D eigenvalue weighted by molar-refractivity contribution is 6.12. The standard InChI is InChI=1S/C29H26N2O2/c1-20-18-29(2,3)31(19-21-10-6-4-7-11-21)26-15-14-22(16-24(20)26)17-25-28(32)33-27(30-25)23-12-8-5-9-13-23/h4-18H,19H2,1-3H3/b25-17-. The number of fused-ring (bicyclic) bond motifs is 1. The maximum absolute atomic E-state index is 12.4. The van der Waals surface area contributed by atoms with Crippen molar-refractivity contribution in [2.75, 3.05) is 4.90 Å². The second kappa shape index (κ2) is 8.21. The number of nitrogens with zero attached hydrogens (tertiary/aromatic N) is 2. The number of hydrogen-bond acceptors (Lipinski definition) is 4. The minimum absolute atomic E-state index is 0.114. The molecule has 0 aromatic heterocycles. The number of carbonyl (C=O) groups is 1.